The van der Waals surface area contributed by atoms with Crippen LogP contribution in [0.1, 0.15) is 16.7 Å². The molecule has 0 nitrogen and oxygen atoms in total. The van der Waals surface area contributed by atoms with Crippen molar-refractivity contribution in [3.05, 3.63) is 77.9 Å². The number of hydrogen-bond donors (Lipinski definition) is 0. The van der Waals surface area contributed by atoms with Gasteiger partial charge in [0.15, 0.2) is 0 Å². The second-order valence-corrected chi connectivity index (χ2v) is 3.89. The van der Waals surface area contributed by atoms with Gasteiger partial charge in [0.05, 0.1) is 0 Å². The zero-order valence-electron chi connectivity index (χ0n) is 8.77. The van der Waals surface area contributed by atoms with Gasteiger partial charge in [-0.25, -0.2) is 0 Å². The Morgan fingerprint density at radius 3 is 2.19 bits per heavy atom. The van der Waals surface area contributed by atoms with Crippen molar-refractivity contribution in [3.8, 4) is 0 Å². The van der Waals surface area contributed by atoms with Crippen LogP contribution in [0.2, 0.25) is 0 Å². The first-order chi connectivity index (χ1) is 7.86. The van der Waals surface area contributed by atoms with E-state index in [0.29, 0.717) is 5.57 Å². The third kappa shape index (κ3) is 1.31. The molecule has 0 aromatic heterocycles. The maximum Gasteiger partial charge on any atom is -0.0000480 e. The van der Waals surface area contributed by atoms with Crippen LogP contribution in [0.3, 0.4) is 0 Å². The normalized spacial score (nSPS) is 13.5. The number of fused-ring (bicyclic) bond motifs is 1. The molecule has 2 radical (unpaired) electrons. The summed E-state index contributed by atoms with van der Waals surface area (Å²) >= 11 is 0. The Bertz CT molecular complexity index is 574. The average Bonchev–Trinajstić information content (AvgIpc) is 2.69. The third-order valence-corrected chi connectivity index (χ3v) is 2.88. The van der Waals surface area contributed by atoms with Gasteiger partial charge in [0.1, 0.15) is 0 Å². The summed E-state index contributed by atoms with van der Waals surface area (Å²) in [6.07, 6.45) is 2.09. The smallest absolute Gasteiger partial charge is 0.0000480 e. The minimum Gasteiger partial charge on any atom is -0.0622 e. The van der Waals surface area contributed by atoms with Crippen molar-refractivity contribution in [1.29, 1.82) is 0 Å². The lowest BCUT2D eigenvalue weighted by molar-refractivity contribution is 1.61. The van der Waals surface area contributed by atoms with Crippen LogP contribution in [-0.2, 0) is 0 Å². The van der Waals surface area contributed by atoms with Crippen LogP contribution in [0.4, 0.5) is 0 Å². The van der Waals surface area contributed by atoms with Crippen molar-refractivity contribution in [1.82, 2.24) is 0 Å². The zero-order chi connectivity index (χ0) is 11.0. The van der Waals surface area contributed by atoms with Crippen LogP contribution >= 0.6 is 0 Å². The molecule has 2 aromatic carbocycles. The molecule has 1 aliphatic rings. The molecule has 16 heavy (non-hydrogen) atoms. The fraction of sp³-hybridized carbons (Fsp3) is 0. The van der Waals surface area contributed by atoms with E-state index in [0.717, 1.165) is 22.3 Å². The van der Waals surface area contributed by atoms with Gasteiger partial charge in [-0.05, 0) is 40.5 Å². The Hall–Kier alpha value is -2.08. The lowest BCUT2D eigenvalue weighted by Gasteiger charge is -2.04. The van der Waals surface area contributed by atoms with Crippen molar-refractivity contribution in [2.45, 2.75) is 0 Å². The van der Waals surface area contributed by atoms with E-state index in [1.807, 2.05) is 48.5 Å². The summed E-state index contributed by atoms with van der Waals surface area (Å²) in [4.78, 5) is 0. The van der Waals surface area contributed by atoms with Crippen molar-refractivity contribution in [2.75, 3.05) is 0 Å². The van der Waals surface area contributed by atoms with E-state index in [1.165, 1.54) is 0 Å². The largest absolute Gasteiger partial charge is 0.0622 e. The van der Waals surface area contributed by atoms with E-state index in [4.69, 9.17) is 6.58 Å². The molecule has 0 N–H and O–H groups in total. The second-order valence-electron chi connectivity index (χ2n) is 3.89. The lowest BCUT2D eigenvalue weighted by Crippen LogP contribution is -1.83. The Morgan fingerprint density at radius 2 is 1.44 bits per heavy atom. The predicted octanol–water partition coefficient (Wildman–Crippen LogP) is 3.93. The second kappa shape index (κ2) is 3.49. The van der Waals surface area contributed by atoms with Gasteiger partial charge in [0, 0.05) is 0 Å². The highest BCUT2D eigenvalue weighted by Crippen LogP contribution is 2.39. The summed E-state index contributed by atoms with van der Waals surface area (Å²) in [6.45, 7) is 8.16. The van der Waals surface area contributed by atoms with Crippen molar-refractivity contribution in [2.24, 2.45) is 0 Å². The number of hydrogen-bond acceptors (Lipinski definition) is 0. The van der Waals surface area contributed by atoms with E-state index >= 15 is 0 Å². The van der Waals surface area contributed by atoms with Crippen LogP contribution in [-0.4, -0.2) is 0 Å². The van der Waals surface area contributed by atoms with Crippen molar-refractivity contribution in [3.63, 3.8) is 0 Å². The van der Waals surface area contributed by atoms with E-state index in [1.54, 1.807) is 0 Å². The van der Waals surface area contributed by atoms with Gasteiger partial charge in [-0.3, -0.25) is 0 Å². The predicted molar refractivity (Wildman–Crippen MR) is 67.4 cm³/mol. The fourth-order valence-corrected chi connectivity index (χ4v) is 2.07. The fourth-order valence-electron chi connectivity index (χ4n) is 2.07. The first-order valence-electron chi connectivity index (χ1n) is 5.32. The van der Waals surface area contributed by atoms with Gasteiger partial charge in [0.25, 0.3) is 0 Å². The molecular formula is C16H10. The van der Waals surface area contributed by atoms with Crippen molar-refractivity contribution < 1.29 is 0 Å². The molecule has 1 aliphatic carbocycles. The highest BCUT2D eigenvalue weighted by Gasteiger charge is 2.17. The van der Waals surface area contributed by atoms with E-state index in [2.05, 4.69) is 12.1 Å². The summed E-state index contributed by atoms with van der Waals surface area (Å²) in [5.41, 5.74) is 4.93. The summed E-state index contributed by atoms with van der Waals surface area (Å²) in [5.74, 6) is 0. The molecule has 0 aliphatic heterocycles. The molecule has 3 rings (SSSR count). The molecule has 0 unspecified atom stereocenters. The third-order valence-electron chi connectivity index (χ3n) is 2.88. The monoisotopic (exact) mass is 202 g/mol. The molecule has 0 amide bonds. The van der Waals surface area contributed by atoms with Gasteiger partial charge in [-0.2, -0.15) is 0 Å². The van der Waals surface area contributed by atoms with Crippen LogP contribution < -0.4 is 0 Å². The van der Waals surface area contributed by atoms with Gasteiger partial charge >= 0.3 is 0 Å². The topological polar surface area (TPSA) is 0 Å². The summed E-state index contributed by atoms with van der Waals surface area (Å²) in [6, 6.07) is 18.2. The molecule has 0 heterocycles. The Kier molecular flexibility index (Phi) is 2.00. The molecule has 0 saturated heterocycles. The number of allylic oxidation sites excluding steroid dienone is 2. The number of rotatable bonds is 1. The van der Waals surface area contributed by atoms with Gasteiger partial charge in [-0.1, -0.05) is 54.6 Å². The molecule has 74 valence electrons. The van der Waals surface area contributed by atoms with Gasteiger partial charge < -0.3 is 0 Å². The van der Waals surface area contributed by atoms with E-state index < -0.39 is 0 Å². The molecule has 0 saturated carbocycles. The Labute approximate surface area is 95.6 Å². The summed E-state index contributed by atoms with van der Waals surface area (Å²) in [5, 5.41) is 0. The van der Waals surface area contributed by atoms with Crippen molar-refractivity contribution >= 4 is 17.2 Å². The first kappa shape index (κ1) is 9.17. The molecule has 0 bridgehead atoms. The van der Waals surface area contributed by atoms with E-state index in [9.17, 15) is 0 Å². The zero-order valence-corrected chi connectivity index (χ0v) is 8.77. The number of benzene rings is 2. The average molecular weight is 202 g/mol. The van der Waals surface area contributed by atoms with Gasteiger partial charge in [-0.15, -0.1) is 0 Å². The molecular weight excluding hydrogens is 192 g/mol. The highest BCUT2D eigenvalue weighted by molar-refractivity contribution is 6.15. The SMILES string of the molecule is [C]=C1C(c2ccccc2)=Cc2ccccc21. The Balaban J connectivity index is 2.13. The van der Waals surface area contributed by atoms with Crippen LogP contribution in [0.5, 0.6) is 0 Å². The highest BCUT2D eigenvalue weighted by atomic mass is 14.2. The quantitative estimate of drug-likeness (QED) is 0.657. The first-order valence-corrected chi connectivity index (χ1v) is 5.32. The molecule has 0 fully saturated rings. The van der Waals surface area contributed by atoms with Crippen LogP contribution in [0.15, 0.2) is 54.6 Å². The maximum atomic E-state index is 8.16. The minimum atomic E-state index is 0.627. The summed E-state index contributed by atoms with van der Waals surface area (Å²) in [7, 11) is 0. The molecule has 0 atom stereocenters. The van der Waals surface area contributed by atoms with Gasteiger partial charge in [0.2, 0.25) is 0 Å². The standard InChI is InChI=1S/C16H10/c1-12-15-10-6-5-9-14(15)11-16(12)13-7-3-2-4-8-13/h2-11H. The lowest BCUT2D eigenvalue weighted by atomic mass is 9.99. The van der Waals surface area contributed by atoms with Crippen LogP contribution in [0, 0.1) is 6.58 Å². The molecule has 0 spiro atoms. The molecule has 0 heteroatoms. The van der Waals surface area contributed by atoms with E-state index in [-0.39, 0.29) is 0 Å². The maximum absolute atomic E-state index is 8.16. The van der Waals surface area contributed by atoms with Crippen LogP contribution in [0.25, 0.3) is 17.2 Å². The minimum absolute atomic E-state index is 0.627. The summed E-state index contributed by atoms with van der Waals surface area (Å²) < 4.78 is 0. The molecule has 2 aromatic rings. The Morgan fingerprint density at radius 1 is 0.750 bits per heavy atom.